The molecule has 29 heavy (non-hydrogen) atoms. The molecule has 146 valence electrons. The molecule has 2 aromatic heterocycles. The zero-order valence-electron chi connectivity index (χ0n) is 16.0. The molecule has 0 N–H and O–H groups in total. The fourth-order valence-electron chi connectivity index (χ4n) is 3.31. The second-order valence-corrected chi connectivity index (χ2v) is 7.92. The summed E-state index contributed by atoms with van der Waals surface area (Å²) in [5.41, 5.74) is 2.73. The Labute approximate surface area is 172 Å². The van der Waals surface area contributed by atoms with E-state index >= 15 is 0 Å². The highest BCUT2D eigenvalue weighted by Gasteiger charge is 2.17. The first kappa shape index (κ1) is 19.1. The number of thiophene rings is 1. The summed E-state index contributed by atoms with van der Waals surface area (Å²) in [5, 5.41) is 0.554. The molecule has 0 amide bonds. The van der Waals surface area contributed by atoms with E-state index in [-0.39, 0.29) is 18.7 Å². The van der Waals surface area contributed by atoms with Crippen LogP contribution in [-0.4, -0.2) is 22.1 Å². The number of rotatable bonds is 6. The van der Waals surface area contributed by atoms with Gasteiger partial charge in [-0.1, -0.05) is 60.7 Å². The Morgan fingerprint density at radius 1 is 1.07 bits per heavy atom. The molecule has 0 aliphatic carbocycles. The van der Waals surface area contributed by atoms with E-state index in [2.05, 4.69) is 4.98 Å². The second kappa shape index (κ2) is 8.41. The maximum atomic E-state index is 13.1. The zero-order valence-corrected chi connectivity index (χ0v) is 16.8. The summed E-state index contributed by atoms with van der Waals surface area (Å²) in [5.74, 6) is -0.447. The summed E-state index contributed by atoms with van der Waals surface area (Å²) in [4.78, 5) is 31.4. The summed E-state index contributed by atoms with van der Waals surface area (Å²) in [6.07, 6.45) is 2.06. The van der Waals surface area contributed by atoms with Crippen LogP contribution < -0.4 is 5.56 Å². The van der Waals surface area contributed by atoms with Gasteiger partial charge in [-0.15, -0.1) is 11.3 Å². The van der Waals surface area contributed by atoms with E-state index < -0.39 is 5.97 Å². The molecule has 0 saturated heterocycles. The average molecular weight is 404 g/mol. The molecule has 6 heteroatoms. The number of aromatic nitrogens is 2. The highest BCUT2D eigenvalue weighted by molar-refractivity contribution is 7.19. The highest BCUT2D eigenvalue weighted by Crippen LogP contribution is 2.35. The Kier molecular flexibility index (Phi) is 5.53. The van der Waals surface area contributed by atoms with Gasteiger partial charge in [-0.05, 0) is 18.1 Å². The fraction of sp³-hybridized carbons (Fsp3) is 0.174. The van der Waals surface area contributed by atoms with Crippen molar-refractivity contribution in [2.75, 3.05) is 6.61 Å². The number of hydrogen-bond acceptors (Lipinski definition) is 5. The molecule has 2 aromatic carbocycles. The lowest BCUT2D eigenvalue weighted by atomic mass is 10.0. The monoisotopic (exact) mass is 404 g/mol. The Morgan fingerprint density at radius 2 is 1.76 bits per heavy atom. The van der Waals surface area contributed by atoms with E-state index in [1.807, 2.05) is 67.6 Å². The molecule has 0 aliphatic rings. The van der Waals surface area contributed by atoms with E-state index in [0.717, 1.165) is 21.6 Å². The van der Waals surface area contributed by atoms with E-state index in [0.29, 0.717) is 16.6 Å². The molecule has 0 radical (unpaired) electrons. The molecule has 4 aromatic rings. The molecule has 0 aliphatic heterocycles. The molecule has 5 nitrogen and oxygen atoms in total. The largest absolute Gasteiger partial charge is 0.464 e. The summed E-state index contributed by atoms with van der Waals surface area (Å²) >= 11 is 1.49. The van der Waals surface area contributed by atoms with Gasteiger partial charge in [-0.25, -0.2) is 4.98 Å². The van der Waals surface area contributed by atoms with Gasteiger partial charge in [0.1, 0.15) is 11.4 Å². The van der Waals surface area contributed by atoms with Crippen LogP contribution in [-0.2, 0) is 22.5 Å². The average Bonchev–Trinajstić information content (AvgIpc) is 3.08. The van der Waals surface area contributed by atoms with Crippen molar-refractivity contribution in [3.63, 3.8) is 0 Å². The molecule has 0 spiro atoms. The molecule has 0 fully saturated rings. The van der Waals surface area contributed by atoms with Gasteiger partial charge in [-0.2, -0.15) is 0 Å². The molecular formula is C23H20N2O3S. The molecular weight excluding hydrogens is 384 g/mol. The maximum absolute atomic E-state index is 13.1. The normalized spacial score (nSPS) is 10.9. The highest BCUT2D eigenvalue weighted by atomic mass is 32.1. The van der Waals surface area contributed by atoms with Crippen LogP contribution in [0, 0.1) is 6.92 Å². The number of fused-ring (bicyclic) bond motifs is 1. The molecule has 0 atom stereocenters. The van der Waals surface area contributed by atoms with E-state index in [9.17, 15) is 9.59 Å². The Balaban J connectivity index is 1.54. The number of hydrogen-bond donors (Lipinski definition) is 0. The third kappa shape index (κ3) is 4.12. The van der Waals surface area contributed by atoms with Crippen LogP contribution in [0.15, 0.2) is 71.8 Å². The van der Waals surface area contributed by atoms with Crippen LogP contribution in [0.2, 0.25) is 0 Å². The molecule has 0 saturated carbocycles. The summed E-state index contributed by atoms with van der Waals surface area (Å²) in [7, 11) is 0. The second-order valence-electron chi connectivity index (χ2n) is 6.71. The zero-order chi connectivity index (χ0) is 20.2. The fourth-order valence-corrected chi connectivity index (χ4v) is 4.32. The molecule has 4 rings (SSSR count). The standard InChI is InChI=1S/C23H20N2O3S/c1-16-20(18-10-6-3-7-11-18)21-22(29-16)24-15-25(23(21)27)14-19(26)28-13-12-17-8-4-2-5-9-17/h2-11,15H,12-14H2,1H3. The van der Waals surface area contributed by atoms with Crippen molar-refractivity contribution < 1.29 is 9.53 Å². The van der Waals surface area contributed by atoms with Crippen molar-refractivity contribution in [2.45, 2.75) is 19.9 Å². The smallest absolute Gasteiger partial charge is 0.326 e. The lowest BCUT2D eigenvalue weighted by Crippen LogP contribution is -2.26. The first-order valence-corrected chi connectivity index (χ1v) is 10.2. The lowest BCUT2D eigenvalue weighted by molar-refractivity contribution is -0.144. The van der Waals surface area contributed by atoms with Crippen LogP contribution in [0.5, 0.6) is 0 Å². The lowest BCUT2D eigenvalue weighted by Gasteiger charge is -2.08. The van der Waals surface area contributed by atoms with Crippen LogP contribution in [0.1, 0.15) is 10.4 Å². The van der Waals surface area contributed by atoms with Crippen molar-refractivity contribution >= 4 is 27.5 Å². The topological polar surface area (TPSA) is 61.2 Å². The molecule has 0 unspecified atom stereocenters. The summed E-state index contributed by atoms with van der Waals surface area (Å²) in [6.45, 7) is 2.11. The Bertz CT molecular complexity index is 1200. The number of esters is 1. The third-order valence-electron chi connectivity index (χ3n) is 4.71. The number of benzene rings is 2. The predicted octanol–water partition coefficient (Wildman–Crippen LogP) is 4.22. The van der Waals surface area contributed by atoms with Crippen molar-refractivity contribution in [1.29, 1.82) is 0 Å². The van der Waals surface area contributed by atoms with Crippen LogP contribution in [0.25, 0.3) is 21.3 Å². The van der Waals surface area contributed by atoms with Crippen molar-refractivity contribution in [3.05, 3.63) is 87.8 Å². The van der Waals surface area contributed by atoms with E-state index in [1.165, 1.54) is 22.2 Å². The number of carbonyl (C=O) groups excluding carboxylic acids is 1. The van der Waals surface area contributed by atoms with Gasteiger partial charge in [0, 0.05) is 16.9 Å². The minimum atomic E-state index is -0.447. The van der Waals surface area contributed by atoms with Gasteiger partial charge in [0.15, 0.2) is 0 Å². The third-order valence-corrected chi connectivity index (χ3v) is 5.73. The predicted molar refractivity (Wildman–Crippen MR) is 115 cm³/mol. The number of nitrogens with zero attached hydrogens (tertiary/aromatic N) is 2. The first-order chi connectivity index (χ1) is 14.1. The van der Waals surface area contributed by atoms with Crippen molar-refractivity contribution in [3.8, 4) is 11.1 Å². The van der Waals surface area contributed by atoms with Crippen molar-refractivity contribution in [1.82, 2.24) is 9.55 Å². The van der Waals surface area contributed by atoms with Gasteiger partial charge < -0.3 is 4.74 Å². The number of carbonyl (C=O) groups is 1. The van der Waals surface area contributed by atoms with Gasteiger partial charge >= 0.3 is 5.97 Å². The quantitative estimate of drug-likeness (QED) is 0.452. The first-order valence-electron chi connectivity index (χ1n) is 9.37. The van der Waals surface area contributed by atoms with Crippen LogP contribution in [0.4, 0.5) is 0 Å². The van der Waals surface area contributed by atoms with Crippen molar-refractivity contribution in [2.24, 2.45) is 0 Å². The van der Waals surface area contributed by atoms with Gasteiger partial charge in [0.05, 0.1) is 18.3 Å². The SMILES string of the molecule is Cc1sc2ncn(CC(=O)OCCc3ccccc3)c(=O)c2c1-c1ccccc1. The Hall–Kier alpha value is -3.25. The van der Waals surface area contributed by atoms with Crippen LogP contribution in [0.3, 0.4) is 0 Å². The summed E-state index contributed by atoms with van der Waals surface area (Å²) in [6, 6.07) is 19.6. The number of ether oxygens (including phenoxy) is 1. The molecule has 0 bridgehead atoms. The number of aryl methyl sites for hydroxylation is 1. The minimum Gasteiger partial charge on any atom is -0.464 e. The maximum Gasteiger partial charge on any atom is 0.326 e. The van der Waals surface area contributed by atoms with E-state index in [4.69, 9.17) is 4.74 Å². The van der Waals surface area contributed by atoms with Gasteiger partial charge in [0.25, 0.3) is 5.56 Å². The summed E-state index contributed by atoms with van der Waals surface area (Å²) < 4.78 is 6.64. The van der Waals surface area contributed by atoms with Gasteiger partial charge in [0.2, 0.25) is 0 Å². The van der Waals surface area contributed by atoms with Gasteiger partial charge in [-0.3, -0.25) is 14.2 Å². The van der Waals surface area contributed by atoms with Crippen LogP contribution >= 0.6 is 11.3 Å². The molecule has 2 heterocycles. The van der Waals surface area contributed by atoms with E-state index in [1.54, 1.807) is 0 Å². The minimum absolute atomic E-state index is 0.153. The Morgan fingerprint density at radius 3 is 2.48 bits per heavy atom.